The second kappa shape index (κ2) is 6.24. The lowest BCUT2D eigenvalue weighted by atomic mass is 10.1. The molecule has 15 heavy (non-hydrogen) atoms. The van der Waals surface area contributed by atoms with E-state index in [-0.39, 0.29) is 5.52 Å². The van der Waals surface area contributed by atoms with Crippen LogP contribution in [-0.2, 0) is 14.3 Å². The number of carbonyl (C=O) groups is 1. The molecule has 0 N–H and O–H groups in total. The molecule has 4 heteroatoms. The van der Waals surface area contributed by atoms with Gasteiger partial charge in [0, 0.05) is 0 Å². The number of hydrogen-bond donors (Lipinski definition) is 0. The second-order valence-electron chi connectivity index (χ2n) is 2.67. The molecular weight excluding hydrogens is 260 g/mol. The zero-order valence-electron chi connectivity index (χ0n) is 8.27. The van der Waals surface area contributed by atoms with Gasteiger partial charge in [0.05, 0.1) is 13.4 Å². The summed E-state index contributed by atoms with van der Waals surface area (Å²) < 4.78 is 9.69. The fourth-order valence-electron chi connectivity index (χ4n) is 1.10. The molecule has 0 saturated carbocycles. The number of benzene rings is 1. The van der Waals surface area contributed by atoms with Gasteiger partial charge in [-0.05, 0) is 21.5 Å². The molecule has 0 saturated heterocycles. The molecule has 3 nitrogen and oxygen atoms in total. The highest BCUT2D eigenvalue weighted by Crippen LogP contribution is 2.15. The number of methoxy groups -OCH3 is 1. The van der Waals surface area contributed by atoms with E-state index in [0.29, 0.717) is 5.57 Å². The summed E-state index contributed by atoms with van der Waals surface area (Å²) in [5.74, 6) is -0.417. The fourth-order valence-corrected chi connectivity index (χ4v) is 1.30. The molecule has 0 amide bonds. The summed E-state index contributed by atoms with van der Waals surface area (Å²) in [6, 6.07) is 9.21. The average molecular weight is 271 g/mol. The molecule has 0 unspecified atom stereocenters. The summed E-state index contributed by atoms with van der Waals surface area (Å²) in [5.41, 5.74) is 1.34. The highest BCUT2D eigenvalue weighted by molar-refractivity contribution is 9.09. The maximum Gasteiger partial charge on any atom is 0.342 e. The third-order valence-electron chi connectivity index (χ3n) is 1.73. The molecule has 1 rings (SSSR count). The van der Waals surface area contributed by atoms with Crippen molar-refractivity contribution < 1.29 is 14.3 Å². The SMILES string of the molecule is COC=C(C(=O)OCBr)c1ccccc1. The lowest BCUT2D eigenvalue weighted by molar-refractivity contribution is -0.134. The van der Waals surface area contributed by atoms with Crippen LogP contribution in [-0.4, -0.2) is 18.6 Å². The summed E-state index contributed by atoms with van der Waals surface area (Å²) in [6.07, 6.45) is 1.38. The number of rotatable bonds is 4. The third-order valence-corrected chi connectivity index (χ3v) is 1.95. The van der Waals surface area contributed by atoms with E-state index >= 15 is 0 Å². The van der Waals surface area contributed by atoms with E-state index in [1.54, 1.807) is 0 Å². The van der Waals surface area contributed by atoms with Gasteiger partial charge in [-0.15, -0.1) is 0 Å². The van der Waals surface area contributed by atoms with Crippen molar-refractivity contribution in [1.82, 2.24) is 0 Å². The van der Waals surface area contributed by atoms with Crippen molar-refractivity contribution in [3.05, 3.63) is 42.2 Å². The minimum Gasteiger partial charge on any atom is -0.503 e. The largest absolute Gasteiger partial charge is 0.503 e. The Morgan fingerprint density at radius 2 is 2.07 bits per heavy atom. The van der Waals surface area contributed by atoms with Crippen LogP contribution in [0, 0.1) is 0 Å². The first-order valence-electron chi connectivity index (χ1n) is 4.31. The predicted molar refractivity (Wildman–Crippen MR) is 61.3 cm³/mol. The molecule has 1 aromatic rings. The van der Waals surface area contributed by atoms with Crippen LogP contribution in [0.2, 0.25) is 0 Å². The smallest absolute Gasteiger partial charge is 0.342 e. The van der Waals surface area contributed by atoms with Gasteiger partial charge >= 0.3 is 5.97 Å². The monoisotopic (exact) mass is 270 g/mol. The Balaban J connectivity index is 2.94. The van der Waals surface area contributed by atoms with Gasteiger partial charge in [0.15, 0.2) is 0 Å². The molecule has 0 aliphatic carbocycles. The van der Waals surface area contributed by atoms with Gasteiger partial charge in [0.25, 0.3) is 0 Å². The first-order chi connectivity index (χ1) is 7.29. The van der Waals surface area contributed by atoms with Gasteiger partial charge in [-0.3, -0.25) is 0 Å². The van der Waals surface area contributed by atoms with Crippen molar-refractivity contribution in [3.8, 4) is 0 Å². The fraction of sp³-hybridized carbons (Fsp3) is 0.182. The molecule has 0 spiro atoms. The minimum atomic E-state index is -0.417. The Kier molecular flexibility index (Phi) is 4.90. The van der Waals surface area contributed by atoms with Gasteiger partial charge in [-0.25, -0.2) is 4.79 Å². The molecule has 0 aromatic heterocycles. The second-order valence-corrected chi connectivity index (χ2v) is 3.13. The first-order valence-corrected chi connectivity index (χ1v) is 5.43. The summed E-state index contributed by atoms with van der Waals surface area (Å²) in [7, 11) is 1.49. The zero-order valence-corrected chi connectivity index (χ0v) is 9.86. The van der Waals surface area contributed by atoms with Crippen LogP contribution in [0.15, 0.2) is 36.6 Å². The summed E-state index contributed by atoms with van der Waals surface area (Å²) in [5, 5.41) is 0. The Hall–Kier alpha value is -1.29. The van der Waals surface area contributed by atoms with Crippen molar-refractivity contribution in [2.45, 2.75) is 0 Å². The molecule has 0 aliphatic rings. The van der Waals surface area contributed by atoms with Crippen LogP contribution in [0.4, 0.5) is 0 Å². The summed E-state index contributed by atoms with van der Waals surface area (Å²) in [4.78, 5) is 11.5. The highest BCUT2D eigenvalue weighted by atomic mass is 79.9. The zero-order chi connectivity index (χ0) is 11.1. The van der Waals surface area contributed by atoms with E-state index < -0.39 is 5.97 Å². The van der Waals surface area contributed by atoms with E-state index in [1.807, 2.05) is 30.3 Å². The van der Waals surface area contributed by atoms with Crippen molar-refractivity contribution in [2.75, 3.05) is 12.6 Å². The molecule has 0 bridgehead atoms. The highest BCUT2D eigenvalue weighted by Gasteiger charge is 2.13. The minimum absolute atomic E-state index is 0.166. The molecule has 0 atom stereocenters. The van der Waals surface area contributed by atoms with E-state index in [1.165, 1.54) is 13.4 Å². The van der Waals surface area contributed by atoms with Gasteiger partial charge < -0.3 is 9.47 Å². The molecule has 0 radical (unpaired) electrons. The van der Waals surface area contributed by atoms with Crippen molar-refractivity contribution in [3.63, 3.8) is 0 Å². The Morgan fingerprint density at radius 1 is 1.40 bits per heavy atom. The van der Waals surface area contributed by atoms with Gasteiger partial charge in [0.2, 0.25) is 0 Å². The van der Waals surface area contributed by atoms with Crippen LogP contribution in [0.3, 0.4) is 0 Å². The van der Waals surface area contributed by atoms with Gasteiger partial charge in [-0.2, -0.15) is 0 Å². The topological polar surface area (TPSA) is 35.5 Å². The number of esters is 1. The normalized spacial score (nSPS) is 10.9. The molecular formula is C11H11BrO3. The van der Waals surface area contributed by atoms with Crippen LogP contribution < -0.4 is 0 Å². The Morgan fingerprint density at radius 3 is 2.60 bits per heavy atom. The van der Waals surface area contributed by atoms with Crippen molar-refractivity contribution in [2.24, 2.45) is 0 Å². The van der Waals surface area contributed by atoms with Gasteiger partial charge in [-0.1, -0.05) is 30.3 Å². The standard InChI is InChI=1S/C11H11BrO3/c1-14-7-10(11(13)15-8-12)9-5-3-2-4-6-9/h2-7H,8H2,1H3. The molecule has 80 valence electrons. The molecule has 0 heterocycles. The van der Waals surface area contributed by atoms with Gasteiger partial charge in [0.1, 0.15) is 11.1 Å². The van der Waals surface area contributed by atoms with Crippen LogP contribution >= 0.6 is 15.9 Å². The molecule has 1 aromatic carbocycles. The third kappa shape index (κ3) is 3.40. The van der Waals surface area contributed by atoms with Crippen LogP contribution in [0.1, 0.15) is 5.56 Å². The van der Waals surface area contributed by atoms with E-state index in [0.717, 1.165) is 5.56 Å². The lowest BCUT2D eigenvalue weighted by Gasteiger charge is -2.05. The van der Waals surface area contributed by atoms with Crippen LogP contribution in [0.25, 0.3) is 5.57 Å². The summed E-state index contributed by atoms with van der Waals surface area (Å²) in [6.45, 7) is 0. The predicted octanol–water partition coefficient (Wildman–Crippen LogP) is 2.57. The molecule has 0 aliphatic heterocycles. The lowest BCUT2D eigenvalue weighted by Crippen LogP contribution is -2.06. The van der Waals surface area contributed by atoms with Crippen LogP contribution in [0.5, 0.6) is 0 Å². The van der Waals surface area contributed by atoms with E-state index in [9.17, 15) is 4.79 Å². The Bertz CT molecular complexity index is 346. The maximum absolute atomic E-state index is 11.5. The maximum atomic E-state index is 11.5. The number of carbonyl (C=O) groups excluding carboxylic acids is 1. The number of ether oxygens (including phenoxy) is 2. The average Bonchev–Trinajstić information content (AvgIpc) is 2.27. The summed E-state index contributed by atoms with van der Waals surface area (Å²) >= 11 is 3.03. The number of halogens is 1. The van der Waals surface area contributed by atoms with Crippen molar-refractivity contribution in [1.29, 1.82) is 0 Å². The van der Waals surface area contributed by atoms with Crippen molar-refractivity contribution >= 4 is 27.5 Å². The Labute approximate surface area is 96.8 Å². The quantitative estimate of drug-likeness (QED) is 0.365. The van der Waals surface area contributed by atoms with E-state index in [4.69, 9.17) is 9.47 Å². The first kappa shape index (κ1) is 11.8. The number of hydrogen-bond acceptors (Lipinski definition) is 3. The number of alkyl halides is 1. The molecule has 0 fully saturated rings. The van der Waals surface area contributed by atoms with E-state index in [2.05, 4.69) is 15.9 Å².